The van der Waals surface area contributed by atoms with Crippen molar-refractivity contribution in [1.82, 2.24) is 25.8 Å². The third-order valence-electron chi connectivity index (χ3n) is 4.16. The van der Waals surface area contributed by atoms with E-state index in [1.807, 2.05) is 34.9 Å². The van der Waals surface area contributed by atoms with Crippen molar-refractivity contribution in [3.05, 3.63) is 0 Å². The number of aliphatic imine (C=N–C) groups is 1. The average molecular weight is 369 g/mol. The molecule has 0 bridgehead atoms. The highest BCUT2D eigenvalue weighted by molar-refractivity contribution is 5.86. The monoisotopic (exact) mass is 368 g/mol. The van der Waals surface area contributed by atoms with Gasteiger partial charge < -0.3 is 20.9 Å². The summed E-state index contributed by atoms with van der Waals surface area (Å²) in [5.41, 5.74) is -0.244. The molecule has 0 aromatic rings. The SMILES string of the molecule is CN=C(NCCCN1CCCC1C(=O)N(C)C)NCC(=O)NC(C)(C)C. The Morgan fingerprint density at radius 2 is 1.92 bits per heavy atom. The van der Waals surface area contributed by atoms with E-state index in [1.54, 1.807) is 11.9 Å². The van der Waals surface area contributed by atoms with Crippen LogP contribution in [0.3, 0.4) is 0 Å². The molecule has 0 spiro atoms. The molecule has 1 atom stereocenters. The lowest BCUT2D eigenvalue weighted by atomic mass is 10.1. The first-order valence-corrected chi connectivity index (χ1v) is 9.35. The van der Waals surface area contributed by atoms with Gasteiger partial charge in [0.2, 0.25) is 11.8 Å². The average Bonchev–Trinajstić information content (AvgIpc) is 3.00. The van der Waals surface area contributed by atoms with E-state index < -0.39 is 0 Å². The number of likely N-dealkylation sites (N-methyl/N-ethyl adjacent to an activating group) is 1. The van der Waals surface area contributed by atoms with E-state index in [4.69, 9.17) is 0 Å². The van der Waals surface area contributed by atoms with Crippen molar-refractivity contribution in [2.45, 2.75) is 51.6 Å². The van der Waals surface area contributed by atoms with Crippen LogP contribution in [-0.4, -0.2) is 86.5 Å². The highest BCUT2D eigenvalue weighted by atomic mass is 16.2. The summed E-state index contributed by atoms with van der Waals surface area (Å²) in [6.45, 7) is 8.62. The Kier molecular flexibility index (Phi) is 8.84. The minimum absolute atomic E-state index is 0.0172. The maximum absolute atomic E-state index is 12.2. The van der Waals surface area contributed by atoms with Gasteiger partial charge in [0.15, 0.2) is 5.96 Å². The first kappa shape index (κ1) is 22.2. The van der Waals surface area contributed by atoms with Crippen LogP contribution in [0.1, 0.15) is 40.0 Å². The van der Waals surface area contributed by atoms with E-state index in [1.165, 1.54) is 0 Å². The maximum Gasteiger partial charge on any atom is 0.239 e. The number of rotatable bonds is 7. The standard InChI is InChI=1S/C18H36N6O2/c1-18(2,3)22-15(25)13-21-17(19-4)20-10-8-12-24-11-7-9-14(24)16(26)23(5)6/h14H,7-13H2,1-6H3,(H,22,25)(H2,19,20,21). The van der Waals surface area contributed by atoms with Crippen LogP contribution >= 0.6 is 0 Å². The summed E-state index contributed by atoms with van der Waals surface area (Å²) in [6.07, 6.45) is 2.92. The van der Waals surface area contributed by atoms with Crippen molar-refractivity contribution in [1.29, 1.82) is 0 Å². The molecule has 0 saturated carbocycles. The van der Waals surface area contributed by atoms with Gasteiger partial charge in [-0.3, -0.25) is 19.5 Å². The molecule has 0 aliphatic carbocycles. The number of nitrogens with one attached hydrogen (secondary N) is 3. The number of amides is 2. The summed E-state index contributed by atoms with van der Waals surface area (Å²) in [7, 11) is 5.31. The van der Waals surface area contributed by atoms with Crippen molar-refractivity contribution in [3.8, 4) is 0 Å². The molecule has 1 heterocycles. The van der Waals surface area contributed by atoms with Crippen LogP contribution in [0, 0.1) is 0 Å². The number of guanidine groups is 1. The first-order chi connectivity index (χ1) is 12.1. The van der Waals surface area contributed by atoms with Gasteiger partial charge in [-0.2, -0.15) is 0 Å². The van der Waals surface area contributed by atoms with Crippen LogP contribution in [0.5, 0.6) is 0 Å². The van der Waals surface area contributed by atoms with Gasteiger partial charge in [0.1, 0.15) is 0 Å². The van der Waals surface area contributed by atoms with Crippen molar-refractivity contribution >= 4 is 17.8 Å². The molecule has 1 rings (SSSR count). The normalized spacial score (nSPS) is 18.5. The van der Waals surface area contributed by atoms with E-state index in [0.29, 0.717) is 5.96 Å². The smallest absolute Gasteiger partial charge is 0.239 e. The number of hydrogen-bond donors (Lipinski definition) is 3. The first-order valence-electron chi connectivity index (χ1n) is 9.35. The fraction of sp³-hybridized carbons (Fsp3) is 0.833. The molecule has 1 unspecified atom stereocenters. The van der Waals surface area contributed by atoms with Crippen LogP contribution in [0.4, 0.5) is 0 Å². The van der Waals surface area contributed by atoms with E-state index >= 15 is 0 Å². The fourth-order valence-electron chi connectivity index (χ4n) is 3.01. The Morgan fingerprint density at radius 1 is 1.23 bits per heavy atom. The topological polar surface area (TPSA) is 89.1 Å². The quantitative estimate of drug-likeness (QED) is 0.335. The van der Waals surface area contributed by atoms with Crippen molar-refractivity contribution in [2.24, 2.45) is 4.99 Å². The van der Waals surface area contributed by atoms with Gasteiger partial charge >= 0.3 is 0 Å². The van der Waals surface area contributed by atoms with E-state index in [2.05, 4.69) is 25.8 Å². The Hall–Kier alpha value is -1.83. The summed E-state index contributed by atoms with van der Waals surface area (Å²) < 4.78 is 0. The largest absolute Gasteiger partial charge is 0.356 e. The van der Waals surface area contributed by atoms with Gasteiger partial charge in [-0.25, -0.2) is 0 Å². The second-order valence-electron chi connectivity index (χ2n) is 7.93. The zero-order valence-corrected chi connectivity index (χ0v) is 17.2. The molecule has 26 heavy (non-hydrogen) atoms. The lowest BCUT2D eigenvalue weighted by Crippen LogP contribution is -2.48. The van der Waals surface area contributed by atoms with Gasteiger partial charge in [-0.15, -0.1) is 0 Å². The predicted octanol–water partition coefficient (Wildman–Crippen LogP) is 0.00880. The number of likely N-dealkylation sites (tertiary alicyclic amines) is 1. The molecule has 8 heteroatoms. The van der Waals surface area contributed by atoms with Gasteiger partial charge in [-0.05, 0) is 46.6 Å². The molecule has 2 amide bonds. The van der Waals surface area contributed by atoms with E-state index in [0.717, 1.165) is 38.9 Å². The molecule has 150 valence electrons. The van der Waals surface area contributed by atoms with Gasteiger partial charge in [0.25, 0.3) is 0 Å². The third kappa shape index (κ3) is 8.03. The molecular weight excluding hydrogens is 332 g/mol. The maximum atomic E-state index is 12.2. The van der Waals surface area contributed by atoms with Gasteiger partial charge in [-0.1, -0.05) is 0 Å². The Balaban J connectivity index is 2.28. The van der Waals surface area contributed by atoms with Crippen LogP contribution in [-0.2, 0) is 9.59 Å². The second kappa shape index (κ2) is 10.4. The molecule has 0 aromatic carbocycles. The number of hydrogen-bond acceptors (Lipinski definition) is 4. The van der Waals surface area contributed by atoms with Crippen molar-refractivity contribution in [2.75, 3.05) is 47.3 Å². The fourth-order valence-corrected chi connectivity index (χ4v) is 3.01. The molecule has 3 N–H and O–H groups in total. The van der Waals surface area contributed by atoms with Crippen LogP contribution in [0.15, 0.2) is 4.99 Å². The zero-order valence-electron chi connectivity index (χ0n) is 17.2. The molecule has 0 aromatic heterocycles. The third-order valence-corrected chi connectivity index (χ3v) is 4.16. The molecule has 8 nitrogen and oxygen atoms in total. The van der Waals surface area contributed by atoms with Crippen molar-refractivity contribution in [3.63, 3.8) is 0 Å². The summed E-state index contributed by atoms with van der Waals surface area (Å²) in [6, 6.07) is 0.0172. The minimum Gasteiger partial charge on any atom is -0.356 e. The minimum atomic E-state index is -0.244. The number of carbonyl (C=O) groups is 2. The van der Waals surface area contributed by atoms with Crippen molar-refractivity contribution < 1.29 is 9.59 Å². The molecule has 1 fully saturated rings. The van der Waals surface area contributed by atoms with Crippen LogP contribution < -0.4 is 16.0 Å². The Morgan fingerprint density at radius 3 is 2.50 bits per heavy atom. The summed E-state index contributed by atoms with van der Waals surface area (Å²) in [5.74, 6) is 0.733. The summed E-state index contributed by atoms with van der Waals surface area (Å²) in [5, 5.41) is 9.13. The van der Waals surface area contributed by atoms with Gasteiger partial charge in [0.05, 0.1) is 12.6 Å². The van der Waals surface area contributed by atoms with Crippen LogP contribution in [0.2, 0.25) is 0 Å². The Bertz CT molecular complexity index is 498. The van der Waals surface area contributed by atoms with Gasteiger partial charge in [0, 0.05) is 39.8 Å². The summed E-state index contributed by atoms with van der Waals surface area (Å²) in [4.78, 5) is 32.1. The molecule has 0 radical (unpaired) electrons. The second-order valence-corrected chi connectivity index (χ2v) is 7.93. The number of carbonyl (C=O) groups excluding carboxylic acids is 2. The molecule has 1 aliphatic rings. The van der Waals surface area contributed by atoms with E-state index in [9.17, 15) is 9.59 Å². The highest BCUT2D eigenvalue weighted by Gasteiger charge is 2.30. The van der Waals surface area contributed by atoms with Crippen LogP contribution in [0.25, 0.3) is 0 Å². The molecule has 1 aliphatic heterocycles. The van der Waals surface area contributed by atoms with E-state index in [-0.39, 0.29) is 29.9 Å². The zero-order chi connectivity index (χ0) is 19.7. The highest BCUT2D eigenvalue weighted by Crippen LogP contribution is 2.18. The lowest BCUT2D eigenvalue weighted by molar-refractivity contribution is -0.133. The Labute approximate surface area is 157 Å². The summed E-state index contributed by atoms with van der Waals surface area (Å²) >= 11 is 0. The predicted molar refractivity (Wildman–Crippen MR) is 105 cm³/mol. The lowest BCUT2D eigenvalue weighted by Gasteiger charge is -2.26. The molecule has 1 saturated heterocycles. The number of nitrogens with zero attached hydrogens (tertiary/aromatic N) is 3. The molecular formula is C18H36N6O2.